The number of imidazole rings is 1. The van der Waals surface area contributed by atoms with Gasteiger partial charge in [0.25, 0.3) is 5.56 Å². The number of hydrogen-bond donors (Lipinski definition) is 0. The summed E-state index contributed by atoms with van der Waals surface area (Å²) < 4.78 is 3.63. The normalized spacial score (nSPS) is 10.9. The highest BCUT2D eigenvalue weighted by molar-refractivity contribution is 5.70. The van der Waals surface area contributed by atoms with Crippen molar-refractivity contribution in [2.75, 3.05) is 0 Å². The SMILES string of the molecule is CCCc1cn(Cc2ccc(-c3ccccc3C#N)cc2)c2nccn2c1=O. The Hall–Kier alpha value is -3.65. The van der Waals surface area contributed by atoms with Gasteiger partial charge in [0.1, 0.15) is 0 Å². The predicted molar refractivity (Wildman–Crippen MR) is 109 cm³/mol. The molecule has 0 saturated heterocycles. The quantitative estimate of drug-likeness (QED) is 0.534. The average molecular weight is 368 g/mol. The van der Waals surface area contributed by atoms with Crippen molar-refractivity contribution in [1.82, 2.24) is 14.0 Å². The summed E-state index contributed by atoms with van der Waals surface area (Å²) in [4.78, 5) is 16.9. The predicted octanol–water partition coefficient (Wildman–Crippen LogP) is 4.04. The van der Waals surface area contributed by atoms with E-state index < -0.39 is 0 Å². The molecule has 138 valence electrons. The van der Waals surface area contributed by atoms with E-state index in [0.29, 0.717) is 17.9 Å². The maximum Gasteiger partial charge on any atom is 0.262 e. The third-order valence-corrected chi connectivity index (χ3v) is 4.87. The molecule has 0 spiro atoms. The zero-order valence-corrected chi connectivity index (χ0v) is 15.7. The highest BCUT2D eigenvalue weighted by Crippen LogP contribution is 2.23. The Labute approximate surface area is 163 Å². The number of rotatable bonds is 5. The minimum absolute atomic E-state index is 0.00839. The third kappa shape index (κ3) is 3.21. The van der Waals surface area contributed by atoms with Crippen LogP contribution in [0.5, 0.6) is 0 Å². The molecule has 0 aliphatic heterocycles. The van der Waals surface area contributed by atoms with Crippen molar-refractivity contribution in [3.63, 3.8) is 0 Å². The maximum atomic E-state index is 12.5. The van der Waals surface area contributed by atoms with Crippen LogP contribution in [0.3, 0.4) is 0 Å². The van der Waals surface area contributed by atoms with Crippen LogP contribution in [0, 0.1) is 11.3 Å². The Balaban J connectivity index is 1.69. The summed E-state index contributed by atoms with van der Waals surface area (Å²) in [5.74, 6) is 0.642. The first-order chi connectivity index (χ1) is 13.7. The lowest BCUT2D eigenvalue weighted by Gasteiger charge is -2.12. The molecule has 0 atom stereocenters. The topological polar surface area (TPSA) is 63.1 Å². The summed E-state index contributed by atoms with van der Waals surface area (Å²) in [6.07, 6.45) is 6.96. The maximum absolute atomic E-state index is 12.5. The van der Waals surface area contributed by atoms with Crippen molar-refractivity contribution in [2.24, 2.45) is 0 Å². The molecule has 4 aromatic rings. The summed E-state index contributed by atoms with van der Waals surface area (Å²) in [5, 5.41) is 9.31. The van der Waals surface area contributed by atoms with Crippen LogP contribution in [-0.4, -0.2) is 14.0 Å². The Morgan fingerprint density at radius 2 is 1.89 bits per heavy atom. The van der Waals surface area contributed by atoms with E-state index in [4.69, 9.17) is 0 Å². The van der Waals surface area contributed by atoms with E-state index in [1.165, 1.54) is 0 Å². The molecule has 0 aliphatic rings. The van der Waals surface area contributed by atoms with Gasteiger partial charge >= 0.3 is 0 Å². The van der Waals surface area contributed by atoms with Crippen molar-refractivity contribution >= 4 is 5.78 Å². The van der Waals surface area contributed by atoms with Gasteiger partial charge in [-0.1, -0.05) is 55.8 Å². The molecule has 4 rings (SSSR count). The first-order valence-corrected chi connectivity index (χ1v) is 9.35. The fourth-order valence-corrected chi connectivity index (χ4v) is 3.50. The molecule has 0 aliphatic carbocycles. The van der Waals surface area contributed by atoms with Crippen molar-refractivity contribution in [1.29, 1.82) is 5.26 Å². The molecule has 5 heteroatoms. The van der Waals surface area contributed by atoms with Gasteiger partial charge in [0.15, 0.2) is 0 Å². The van der Waals surface area contributed by atoms with Gasteiger partial charge in [0, 0.05) is 24.2 Å². The van der Waals surface area contributed by atoms with Crippen LogP contribution in [0.1, 0.15) is 30.0 Å². The lowest BCUT2D eigenvalue weighted by molar-refractivity contribution is 0.751. The summed E-state index contributed by atoms with van der Waals surface area (Å²) in [6, 6.07) is 18.0. The lowest BCUT2D eigenvalue weighted by atomic mass is 9.99. The molecule has 2 aromatic heterocycles. The van der Waals surface area contributed by atoms with Crippen LogP contribution in [0.4, 0.5) is 0 Å². The van der Waals surface area contributed by atoms with Crippen molar-refractivity contribution < 1.29 is 0 Å². The molecule has 0 amide bonds. The molecule has 2 heterocycles. The smallest absolute Gasteiger partial charge is 0.262 e. The van der Waals surface area contributed by atoms with Crippen molar-refractivity contribution in [2.45, 2.75) is 26.3 Å². The minimum atomic E-state index is 0.00839. The van der Waals surface area contributed by atoms with E-state index >= 15 is 0 Å². The molecule has 0 unspecified atom stereocenters. The molecule has 0 fully saturated rings. The standard InChI is InChI=1S/C23H20N4O/c1-2-5-20-16-26(23-25-12-13-27(23)22(20)28)15-17-8-10-18(11-9-17)21-7-4-3-6-19(21)14-24/h3-4,6-13,16H,2,5,15H2,1H3. The molecule has 0 bridgehead atoms. The molecule has 28 heavy (non-hydrogen) atoms. The van der Waals surface area contributed by atoms with E-state index in [1.54, 1.807) is 16.8 Å². The van der Waals surface area contributed by atoms with Gasteiger partial charge in [-0.25, -0.2) is 4.98 Å². The number of aryl methyl sites for hydroxylation is 1. The van der Waals surface area contributed by atoms with Gasteiger partial charge in [0.05, 0.1) is 18.2 Å². The van der Waals surface area contributed by atoms with E-state index in [0.717, 1.165) is 35.1 Å². The van der Waals surface area contributed by atoms with Gasteiger partial charge < -0.3 is 4.57 Å². The van der Waals surface area contributed by atoms with Crippen LogP contribution in [0.25, 0.3) is 16.9 Å². The molecule has 0 saturated carbocycles. The Morgan fingerprint density at radius 1 is 1.11 bits per heavy atom. The number of aromatic nitrogens is 3. The average Bonchev–Trinajstić information content (AvgIpc) is 3.23. The van der Waals surface area contributed by atoms with Gasteiger partial charge in [-0.3, -0.25) is 9.20 Å². The highest BCUT2D eigenvalue weighted by atomic mass is 16.1. The van der Waals surface area contributed by atoms with Gasteiger partial charge in [-0.15, -0.1) is 0 Å². The van der Waals surface area contributed by atoms with Crippen LogP contribution < -0.4 is 5.56 Å². The molecule has 5 nitrogen and oxygen atoms in total. The Morgan fingerprint density at radius 3 is 2.64 bits per heavy atom. The summed E-state index contributed by atoms with van der Waals surface area (Å²) >= 11 is 0. The molecular weight excluding hydrogens is 348 g/mol. The number of benzene rings is 2. The monoisotopic (exact) mass is 368 g/mol. The number of nitriles is 1. The van der Waals surface area contributed by atoms with Crippen LogP contribution >= 0.6 is 0 Å². The van der Waals surface area contributed by atoms with Gasteiger partial charge in [-0.05, 0) is 29.2 Å². The van der Waals surface area contributed by atoms with E-state index in [2.05, 4.69) is 30.1 Å². The third-order valence-electron chi connectivity index (χ3n) is 4.87. The van der Waals surface area contributed by atoms with E-state index in [9.17, 15) is 10.1 Å². The second-order valence-electron chi connectivity index (χ2n) is 6.79. The van der Waals surface area contributed by atoms with Gasteiger partial charge in [-0.2, -0.15) is 5.26 Å². The van der Waals surface area contributed by atoms with E-state index in [-0.39, 0.29) is 5.56 Å². The fraction of sp³-hybridized carbons (Fsp3) is 0.174. The van der Waals surface area contributed by atoms with Crippen LogP contribution in [-0.2, 0) is 13.0 Å². The zero-order valence-electron chi connectivity index (χ0n) is 15.7. The summed E-state index contributed by atoms with van der Waals surface area (Å²) in [5.41, 5.74) is 4.52. The van der Waals surface area contributed by atoms with Crippen LogP contribution in [0.15, 0.2) is 71.9 Å². The molecule has 2 aromatic carbocycles. The highest BCUT2D eigenvalue weighted by Gasteiger charge is 2.10. The first-order valence-electron chi connectivity index (χ1n) is 9.35. The largest absolute Gasteiger partial charge is 0.313 e. The fourth-order valence-electron chi connectivity index (χ4n) is 3.50. The number of fused-ring (bicyclic) bond motifs is 1. The zero-order chi connectivity index (χ0) is 19.5. The summed E-state index contributed by atoms with van der Waals surface area (Å²) in [7, 11) is 0. The second-order valence-corrected chi connectivity index (χ2v) is 6.79. The lowest BCUT2D eigenvalue weighted by Crippen LogP contribution is -2.22. The summed E-state index contributed by atoms with van der Waals surface area (Å²) in [6.45, 7) is 2.69. The van der Waals surface area contributed by atoms with E-state index in [1.807, 2.05) is 47.2 Å². The van der Waals surface area contributed by atoms with Crippen molar-refractivity contribution in [3.8, 4) is 17.2 Å². The van der Waals surface area contributed by atoms with Crippen LogP contribution in [0.2, 0.25) is 0 Å². The minimum Gasteiger partial charge on any atom is -0.313 e. The molecule has 0 radical (unpaired) electrons. The number of nitrogens with zero attached hydrogens (tertiary/aromatic N) is 4. The Kier molecular flexibility index (Phi) is 4.77. The number of hydrogen-bond acceptors (Lipinski definition) is 3. The molecule has 0 N–H and O–H groups in total. The first kappa shape index (κ1) is 17.7. The Bertz CT molecular complexity index is 1230. The molecular formula is C23H20N4O. The van der Waals surface area contributed by atoms with Gasteiger partial charge in [0.2, 0.25) is 5.78 Å². The van der Waals surface area contributed by atoms with Crippen molar-refractivity contribution in [3.05, 3.63) is 94.2 Å². The second kappa shape index (κ2) is 7.53.